The molecular weight excluding hydrogens is 456 g/mol. The van der Waals surface area contributed by atoms with Gasteiger partial charge in [0, 0.05) is 11.8 Å². The highest BCUT2D eigenvalue weighted by Crippen LogP contribution is 2.18. The maximum atomic E-state index is 12.3. The lowest BCUT2D eigenvalue weighted by molar-refractivity contribution is -0.115. The van der Waals surface area contributed by atoms with Crippen molar-refractivity contribution in [1.82, 2.24) is 5.32 Å². The van der Waals surface area contributed by atoms with E-state index in [9.17, 15) is 4.79 Å². The standard InChI is InChI=1S/C33H52N2O2/c1-2-3-4-5-6-7-8-9-10-11-12-13-14-18-26-34-29-33(36)35-31-24-19-25-32(28-31)37-27-20-23-30-21-16-15-17-22-30/h15-17,19,21-22,24-25,28,34H,2-14,18,20,23,26-27,29H2,1H3,(H,35,36). The molecule has 4 heteroatoms. The zero-order chi connectivity index (χ0) is 26.2. The van der Waals surface area contributed by atoms with E-state index in [2.05, 4.69) is 41.8 Å². The minimum absolute atomic E-state index is 0.00779. The van der Waals surface area contributed by atoms with Crippen LogP contribution < -0.4 is 15.4 Å². The van der Waals surface area contributed by atoms with Gasteiger partial charge >= 0.3 is 0 Å². The van der Waals surface area contributed by atoms with Crippen molar-refractivity contribution in [3.63, 3.8) is 0 Å². The van der Waals surface area contributed by atoms with E-state index < -0.39 is 0 Å². The van der Waals surface area contributed by atoms with Crippen molar-refractivity contribution in [3.05, 3.63) is 60.2 Å². The number of carbonyl (C=O) groups excluding carboxylic acids is 1. The van der Waals surface area contributed by atoms with E-state index in [1.165, 1.54) is 89.0 Å². The van der Waals surface area contributed by atoms with Gasteiger partial charge in [0.05, 0.1) is 13.2 Å². The number of nitrogens with one attached hydrogen (secondary N) is 2. The van der Waals surface area contributed by atoms with Crippen LogP contribution in [-0.4, -0.2) is 25.6 Å². The number of unbranched alkanes of at least 4 members (excludes halogenated alkanes) is 13. The monoisotopic (exact) mass is 508 g/mol. The molecular formula is C33H52N2O2. The van der Waals surface area contributed by atoms with Crippen LogP contribution in [0.2, 0.25) is 0 Å². The highest BCUT2D eigenvalue weighted by molar-refractivity contribution is 5.92. The van der Waals surface area contributed by atoms with Crippen LogP contribution in [-0.2, 0) is 11.2 Å². The van der Waals surface area contributed by atoms with E-state index in [-0.39, 0.29) is 5.91 Å². The van der Waals surface area contributed by atoms with Crippen LogP contribution in [0.4, 0.5) is 5.69 Å². The first-order valence-corrected chi connectivity index (χ1v) is 15.1. The Morgan fingerprint density at radius 1 is 0.703 bits per heavy atom. The summed E-state index contributed by atoms with van der Waals surface area (Å²) in [6.45, 7) is 4.19. The summed E-state index contributed by atoms with van der Waals surface area (Å²) in [6.07, 6.45) is 21.1. The molecule has 206 valence electrons. The molecule has 2 aromatic rings. The smallest absolute Gasteiger partial charge is 0.238 e. The molecule has 0 atom stereocenters. The van der Waals surface area contributed by atoms with Gasteiger partial charge < -0.3 is 15.4 Å². The lowest BCUT2D eigenvalue weighted by Gasteiger charge is -2.10. The summed E-state index contributed by atoms with van der Waals surface area (Å²) in [5.41, 5.74) is 2.11. The molecule has 0 radical (unpaired) electrons. The number of rotatable bonds is 23. The summed E-state index contributed by atoms with van der Waals surface area (Å²) < 4.78 is 5.88. The molecule has 0 aromatic heterocycles. The molecule has 2 rings (SSSR count). The highest BCUT2D eigenvalue weighted by atomic mass is 16.5. The van der Waals surface area contributed by atoms with Gasteiger partial charge in [-0.05, 0) is 43.5 Å². The van der Waals surface area contributed by atoms with Gasteiger partial charge in [0.15, 0.2) is 0 Å². The number of benzene rings is 2. The maximum absolute atomic E-state index is 12.3. The number of ether oxygens (including phenoxy) is 1. The van der Waals surface area contributed by atoms with Crippen LogP contribution in [0.3, 0.4) is 0 Å². The Hall–Kier alpha value is -2.33. The molecule has 0 bridgehead atoms. The Kier molecular flexibility index (Phi) is 18.1. The molecule has 4 nitrogen and oxygen atoms in total. The average Bonchev–Trinajstić information content (AvgIpc) is 2.92. The summed E-state index contributed by atoms with van der Waals surface area (Å²) in [7, 11) is 0. The van der Waals surface area contributed by atoms with E-state index in [0.29, 0.717) is 13.2 Å². The Morgan fingerprint density at radius 2 is 1.32 bits per heavy atom. The van der Waals surface area contributed by atoms with Gasteiger partial charge in [-0.3, -0.25) is 4.79 Å². The summed E-state index contributed by atoms with van der Waals surface area (Å²) in [5.74, 6) is 0.785. The quantitative estimate of drug-likeness (QED) is 0.148. The second-order valence-corrected chi connectivity index (χ2v) is 10.3. The number of carbonyl (C=O) groups is 1. The van der Waals surface area contributed by atoms with Gasteiger partial charge in [-0.25, -0.2) is 0 Å². The molecule has 0 unspecified atom stereocenters. The van der Waals surface area contributed by atoms with Crippen molar-refractivity contribution >= 4 is 11.6 Å². The van der Waals surface area contributed by atoms with Crippen molar-refractivity contribution in [1.29, 1.82) is 0 Å². The Morgan fingerprint density at radius 3 is 1.97 bits per heavy atom. The molecule has 0 aliphatic rings. The number of anilines is 1. The van der Waals surface area contributed by atoms with Gasteiger partial charge in [-0.1, -0.05) is 127 Å². The van der Waals surface area contributed by atoms with Crippen molar-refractivity contribution in [2.75, 3.05) is 25.0 Å². The summed E-state index contributed by atoms with van der Waals surface area (Å²) in [5, 5.41) is 6.25. The predicted octanol–water partition coefficient (Wildman–Crippen LogP) is 8.71. The van der Waals surface area contributed by atoms with Crippen molar-refractivity contribution < 1.29 is 9.53 Å². The van der Waals surface area contributed by atoms with Crippen molar-refractivity contribution in [2.24, 2.45) is 0 Å². The third kappa shape index (κ3) is 16.9. The number of aryl methyl sites for hydroxylation is 1. The SMILES string of the molecule is CCCCCCCCCCCCCCCCNCC(=O)Nc1cccc(OCCCc2ccccc2)c1. The van der Waals surface area contributed by atoms with Crippen LogP contribution in [0.5, 0.6) is 5.75 Å². The molecule has 1 amide bonds. The third-order valence-electron chi connectivity index (χ3n) is 6.83. The molecule has 0 spiro atoms. The summed E-state index contributed by atoms with van der Waals surface area (Å²) in [4.78, 5) is 12.3. The zero-order valence-corrected chi connectivity index (χ0v) is 23.4. The lowest BCUT2D eigenvalue weighted by atomic mass is 10.0. The predicted molar refractivity (Wildman–Crippen MR) is 159 cm³/mol. The molecule has 37 heavy (non-hydrogen) atoms. The van der Waals surface area contributed by atoms with Gasteiger partial charge in [0.1, 0.15) is 5.75 Å². The van der Waals surface area contributed by atoms with Gasteiger partial charge in [-0.15, -0.1) is 0 Å². The molecule has 0 heterocycles. The first-order chi connectivity index (χ1) is 18.3. The fourth-order valence-electron chi connectivity index (χ4n) is 4.63. The molecule has 2 N–H and O–H groups in total. The zero-order valence-electron chi connectivity index (χ0n) is 23.4. The first kappa shape index (κ1) is 30.9. The van der Waals surface area contributed by atoms with Crippen molar-refractivity contribution in [3.8, 4) is 5.75 Å². The maximum Gasteiger partial charge on any atom is 0.238 e. The van der Waals surface area contributed by atoms with Crippen molar-refractivity contribution in [2.45, 2.75) is 110 Å². The number of hydrogen-bond acceptors (Lipinski definition) is 3. The topological polar surface area (TPSA) is 50.4 Å². The Labute approximate surface area is 227 Å². The van der Waals surface area contributed by atoms with E-state index in [0.717, 1.165) is 37.2 Å². The largest absolute Gasteiger partial charge is 0.494 e. The van der Waals surface area contributed by atoms with Gasteiger partial charge in [0.25, 0.3) is 0 Å². The number of hydrogen-bond donors (Lipinski definition) is 2. The molecule has 0 saturated heterocycles. The summed E-state index contributed by atoms with van der Waals surface area (Å²) in [6, 6.07) is 18.1. The minimum atomic E-state index is -0.00779. The average molecular weight is 509 g/mol. The fraction of sp³-hybridized carbons (Fsp3) is 0.606. The molecule has 0 fully saturated rings. The van der Waals surface area contributed by atoms with Gasteiger partial charge in [0.2, 0.25) is 5.91 Å². The van der Waals surface area contributed by atoms with E-state index in [1.54, 1.807) is 0 Å². The second kappa shape index (κ2) is 21.7. The van der Waals surface area contributed by atoms with E-state index >= 15 is 0 Å². The van der Waals surface area contributed by atoms with Crippen LogP contribution in [0.15, 0.2) is 54.6 Å². The minimum Gasteiger partial charge on any atom is -0.494 e. The second-order valence-electron chi connectivity index (χ2n) is 10.3. The fourth-order valence-corrected chi connectivity index (χ4v) is 4.63. The summed E-state index contributed by atoms with van der Waals surface area (Å²) >= 11 is 0. The normalized spacial score (nSPS) is 10.9. The van der Waals surface area contributed by atoms with E-state index in [1.807, 2.05) is 30.3 Å². The molecule has 0 aliphatic heterocycles. The molecule has 0 aliphatic carbocycles. The number of amides is 1. The van der Waals surface area contributed by atoms with Gasteiger partial charge in [-0.2, -0.15) is 0 Å². The van der Waals surface area contributed by atoms with Crippen LogP contribution in [0, 0.1) is 0 Å². The molecule has 2 aromatic carbocycles. The van der Waals surface area contributed by atoms with Crippen LogP contribution >= 0.6 is 0 Å². The van der Waals surface area contributed by atoms with Crippen LogP contribution in [0.1, 0.15) is 109 Å². The lowest BCUT2D eigenvalue weighted by Crippen LogP contribution is -2.28. The molecule has 0 saturated carbocycles. The first-order valence-electron chi connectivity index (χ1n) is 15.1. The Bertz CT molecular complexity index is 809. The third-order valence-corrected chi connectivity index (χ3v) is 6.83. The Balaban J connectivity index is 1.40. The highest BCUT2D eigenvalue weighted by Gasteiger charge is 2.04. The van der Waals surface area contributed by atoms with Crippen LogP contribution in [0.25, 0.3) is 0 Å². The van der Waals surface area contributed by atoms with E-state index in [4.69, 9.17) is 4.74 Å².